The van der Waals surface area contributed by atoms with Crippen molar-refractivity contribution >= 4 is 34.2 Å². The average molecular weight is 512 g/mol. The Morgan fingerprint density at radius 1 is 0.870 bits per heavy atom. The molecule has 0 bridgehead atoms. The van der Waals surface area contributed by atoms with Crippen LogP contribution in [-0.4, -0.2) is 11.1 Å². The van der Waals surface area contributed by atoms with Gasteiger partial charge in [-0.15, -0.1) is 0 Å². The van der Waals surface area contributed by atoms with Crippen molar-refractivity contribution in [2.45, 2.75) is 0 Å². The third kappa shape index (κ3) is 4.32. The summed E-state index contributed by atoms with van der Waals surface area (Å²) >= 11 is 7.38. The summed E-state index contributed by atoms with van der Waals surface area (Å²) in [6.45, 7) is 0. The standard InChI is InChI=1S/C13H5F5O2.2BrH.Cu/c14-8-7(9(15)11(17)12(18)10(8)16)5-3-1-2-4-6(5)13(19)20;;;/h1-4H,(H,19,20);2*1H;/q;;;+2/p-2. The van der Waals surface area contributed by atoms with E-state index in [0.717, 1.165) is 12.1 Å². The van der Waals surface area contributed by atoms with Crippen molar-refractivity contribution in [1.82, 2.24) is 0 Å². The molecular weight excluding hydrogens is 506 g/mol. The van der Waals surface area contributed by atoms with E-state index in [9.17, 15) is 26.7 Å². The molecule has 2 aromatic carbocycles. The van der Waals surface area contributed by atoms with Gasteiger partial charge in [-0.05, 0) is 6.07 Å². The molecule has 0 spiro atoms. The van der Waals surface area contributed by atoms with Crippen molar-refractivity contribution < 1.29 is 43.2 Å². The molecule has 23 heavy (non-hydrogen) atoms. The van der Waals surface area contributed by atoms with Gasteiger partial charge in [-0.25, -0.2) is 26.7 Å². The van der Waals surface area contributed by atoms with Crippen LogP contribution in [0, 0.1) is 29.1 Å². The fourth-order valence-electron chi connectivity index (χ4n) is 1.73. The van der Waals surface area contributed by atoms with Crippen LogP contribution in [0.1, 0.15) is 10.4 Å². The third-order valence-corrected chi connectivity index (χ3v) is 2.64. The maximum absolute atomic E-state index is 13.6. The van der Waals surface area contributed by atoms with Crippen molar-refractivity contribution in [3.8, 4) is 11.1 Å². The topological polar surface area (TPSA) is 37.3 Å². The Morgan fingerprint density at radius 2 is 1.26 bits per heavy atom. The van der Waals surface area contributed by atoms with E-state index in [1.165, 1.54) is 23.5 Å². The first kappa shape index (κ1) is 20.1. The van der Waals surface area contributed by atoms with Gasteiger partial charge in [0.25, 0.3) is 0 Å². The third-order valence-electron chi connectivity index (χ3n) is 2.64. The molecule has 10 heteroatoms. The second-order valence-electron chi connectivity index (χ2n) is 3.84. The van der Waals surface area contributed by atoms with Crippen molar-refractivity contribution in [2.24, 2.45) is 0 Å². The van der Waals surface area contributed by atoms with Crippen LogP contribution in [0.5, 0.6) is 0 Å². The van der Waals surface area contributed by atoms with Gasteiger partial charge in [-0.2, -0.15) is 0 Å². The van der Waals surface area contributed by atoms with E-state index >= 15 is 0 Å². The summed E-state index contributed by atoms with van der Waals surface area (Å²) in [5, 5.41) is 8.90. The van der Waals surface area contributed by atoms with Crippen molar-refractivity contribution in [1.29, 1.82) is 0 Å². The fraction of sp³-hybridized carbons (Fsp3) is 0. The van der Waals surface area contributed by atoms with E-state index in [-0.39, 0.29) is 0 Å². The van der Waals surface area contributed by atoms with Crippen molar-refractivity contribution in [3.63, 3.8) is 0 Å². The Hall–Kier alpha value is -0.961. The number of carboxylic acids is 1. The molecule has 1 N–H and O–H groups in total. The number of hydrogen-bond donors (Lipinski definition) is 1. The molecule has 0 saturated heterocycles. The Kier molecular flexibility index (Phi) is 7.66. The zero-order valence-corrected chi connectivity index (χ0v) is 14.7. The molecule has 0 aromatic heterocycles. The van der Waals surface area contributed by atoms with Crippen LogP contribution in [0.2, 0.25) is 0 Å². The molecule has 0 aliphatic rings. The number of carboxylic acid groups (broad SMARTS) is 1. The maximum atomic E-state index is 13.6. The van der Waals surface area contributed by atoms with Gasteiger partial charge in [0.05, 0.1) is 11.1 Å². The molecule has 0 radical (unpaired) electrons. The molecule has 0 unspecified atom stereocenters. The average Bonchev–Trinajstić information content (AvgIpc) is 2.52. The summed E-state index contributed by atoms with van der Waals surface area (Å²) < 4.78 is 66.4. The molecule has 2 rings (SSSR count). The van der Waals surface area contributed by atoms with Gasteiger partial charge in [0.15, 0.2) is 23.3 Å². The fourth-order valence-corrected chi connectivity index (χ4v) is 1.73. The predicted molar refractivity (Wildman–Crippen MR) is 76.5 cm³/mol. The van der Waals surface area contributed by atoms with Crippen LogP contribution >= 0.6 is 28.2 Å². The number of benzene rings is 2. The molecule has 0 saturated carbocycles. The summed E-state index contributed by atoms with van der Waals surface area (Å²) in [5.41, 5.74) is -2.43. The zero-order valence-electron chi connectivity index (χ0n) is 10.6. The molecule has 0 aliphatic heterocycles. The van der Waals surface area contributed by atoms with Crippen LogP contribution < -0.4 is 0 Å². The van der Waals surface area contributed by atoms with Crippen molar-refractivity contribution in [2.75, 3.05) is 0 Å². The minimum absolute atomic E-state index is 0.573. The van der Waals surface area contributed by atoms with Crippen LogP contribution in [0.15, 0.2) is 24.3 Å². The Morgan fingerprint density at radius 3 is 1.70 bits per heavy atom. The van der Waals surface area contributed by atoms with E-state index in [4.69, 9.17) is 5.11 Å². The second-order valence-corrected chi connectivity index (χ2v) is 8.59. The first-order valence-electron chi connectivity index (χ1n) is 5.43. The first-order chi connectivity index (χ1) is 10.8. The van der Waals surface area contributed by atoms with E-state index < -0.39 is 51.7 Å². The monoisotopic (exact) mass is 509 g/mol. The second kappa shape index (κ2) is 8.77. The number of rotatable bonds is 2. The predicted octanol–water partition coefficient (Wildman–Crippen LogP) is 5.44. The van der Waals surface area contributed by atoms with E-state index in [2.05, 4.69) is 28.2 Å². The van der Waals surface area contributed by atoms with E-state index in [0.29, 0.717) is 0 Å². The Balaban J connectivity index is 0.000000816. The van der Waals surface area contributed by atoms with Crippen LogP contribution in [0.4, 0.5) is 22.0 Å². The number of carbonyl (C=O) groups is 1. The minimum atomic E-state index is -2.29. The summed E-state index contributed by atoms with van der Waals surface area (Å²) in [6, 6.07) is 4.44. The molecule has 0 atom stereocenters. The van der Waals surface area contributed by atoms with Gasteiger partial charge in [0.2, 0.25) is 5.82 Å². The quantitative estimate of drug-likeness (QED) is 0.253. The van der Waals surface area contributed by atoms with Crippen LogP contribution in [0.3, 0.4) is 0 Å². The number of halogens is 7. The van der Waals surface area contributed by atoms with Gasteiger partial charge in [0.1, 0.15) is 0 Å². The molecule has 0 aliphatic carbocycles. The molecule has 0 amide bonds. The van der Waals surface area contributed by atoms with Gasteiger partial charge >= 0.3 is 45.5 Å². The molecule has 2 aromatic rings. The van der Waals surface area contributed by atoms with Gasteiger partial charge in [-0.1, -0.05) is 18.2 Å². The molecule has 129 valence electrons. The first-order valence-corrected chi connectivity index (χ1v) is 10.1. The molecular formula is C13H5Br2CuF5O2. The summed E-state index contributed by atoms with van der Waals surface area (Å²) in [5.74, 6) is -12.2. The van der Waals surface area contributed by atoms with Crippen LogP contribution in [0.25, 0.3) is 11.1 Å². The molecule has 0 heterocycles. The van der Waals surface area contributed by atoms with Gasteiger partial charge < -0.3 is 5.11 Å². The Bertz CT molecular complexity index is 714. The Labute approximate surface area is 147 Å². The van der Waals surface area contributed by atoms with E-state index in [1.807, 2.05) is 0 Å². The summed E-state index contributed by atoms with van der Waals surface area (Å²) in [6.07, 6.45) is 0. The van der Waals surface area contributed by atoms with Crippen molar-refractivity contribution in [3.05, 3.63) is 58.9 Å². The zero-order chi connectivity index (χ0) is 17.7. The SMILES string of the molecule is O=C(O)c1ccccc1-c1c(F)c(F)c(F)c(F)c1F.[Br][Cu][Br]. The summed E-state index contributed by atoms with van der Waals surface area (Å²) in [4.78, 5) is 10.9. The number of hydrogen-bond acceptors (Lipinski definition) is 1. The normalized spacial score (nSPS) is 10.2. The number of aromatic carboxylic acids is 1. The van der Waals surface area contributed by atoms with Gasteiger partial charge in [0, 0.05) is 5.56 Å². The van der Waals surface area contributed by atoms with E-state index in [1.54, 1.807) is 0 Å². The molecule has 2 nitrogen and oxygen atoms in total. The van der Waals surface area contributed by atoms with Gasteiger partial charge in [-0.3, -0.25) is 0 Å². The van der Waals surface area contributed by atoms with Crippen LogP contribution in [-0.2, 0) is 11.3 Å². The summed E-state index contributed by atoms with van der Waals surface area (Å²) in [7, 11) is 0. The molecule has 0 fully saturated rings.